The Kier molecular flexibility index (Phi) is 7.93. The van der Waals surface area contributed by atoms with Gasteiger partial charge in [0.2, 0.25) is 0 Å². The summed E-state index contributed by atoms with van der Waals surface area (Å²) in [5.74, 6) is 0. The highest BCUT2D eigenvalue weighted by Crippen LogP contribution is 2.25. The van der Waals surface area contributed by atoms with Crippen LogP contribution in [0.5, 0.6) is 0 Å². The minimum Gasteiger partial charge on any atom is -0.396 e. The van der Waals surface area contributed by atoms with Gasteiger partial charge in [-0.25, -0.2) is 0 Å². The highest BCUT2D eigenvalue weighted by molar-refractivity contribution is 4.90. The van der Waals surface area contributed by atoms with Crippen molar-refractivity contribution in [2.45, 2.75) is 31.2 Å². The highest BCUT2D eigenvalue weighted by Gasteiger charge is 2.31. The number of hydrogen-bond donors (Lipinski definition) is 2. The molecular formula is C12H28N2O2. The minimum absolute atomic E-state index is 0.0644. The van der Waals surface area contributed by atoms with E-state index in [2.05, 4.69) is 38.0 Å². The van der Waals surface area contributed by atoms with Crippen LogP contribution in [0.25, 0.3) is 0 Å². The van der Waals surface area contributed by atoms with Gasteiger partial charge in [-0.05, 0) is 53.9 Å². The van der Waals surface area contributed by atoms with Gasteiger partial charge in [0.05, 0.1) is 0 Å². The van der Waals surface area contributed by atoms with Crippen molar-refractivity contribution in [2.75, 3.05) is 47.9 Å². The van der Waals surface area contributed by atoms with E-state index >= 15 is 0 Å². The predicted octanol–water partition coefficient (Wildman–Crippen LogP) is 0.393. The summed E-state index contributed by atoms with van der Waals surface area (Å²) in [6, 6.07) is 0. The molecule has 0 saturated heterocycles. The molecule has 0 amide bonds. The summed E-state index contributed by atoms with van der Waals surface area (Å²) in [4.78, 5) is 4.41. The highest BCUT2D eigenvalue weighted by atomic mass is 16.3. The van der Waals surface area contributed by atoms with Crippen LogP contribution in [-0.2, 0) is 0 Å². The number of rotatable bonds is 9. The molecule has 98 valence electrons. The first-order chi connectivity index (χ1) is 7.48. The second kappa shape index (κ2) is 8.01. The van der Waals surface area contributed by atoms with Crippen LogP contribution < -0.4 is 0 Å². The van der Waals surface area contributed by atoms with Crippen LogP contribution in [0.2, 0.25) is 0 Å². The molecule has 0 aromatic rings. The number of aliphatic hydroxyl groups is 2. The molecule has 0 aromatic heterocycles. The maximum Gasteiger partial charge on any atom is 0.0431 e. The van der Waals surface area contributed by atoms with Crippen LogP contribution in [0.3, 0.4) is 0 Å². The lowest BCUT2D eigenvalue weighted by atomic mass is 9.86. The van der Waals surface area contributed by atoms with Crippen molar-refractivity contribution in [3.05, 3.63) is 0 Å². The molecule has 0 aliphatic carbocycles. The van der Waals surface area contributed by atoms with E-state index in [-0.39, 0.29) is 18.8 Å². The van der Waals surface area contributed by atoms with Crippen LogP contribution in [0, 0.1) is 0 Å². The number of likely N-dealkylation sites (N-methyl/N-ethyl adjacent to an activating group) is 2. The van der Waals surface area contributed by atoms with E-state index in [0.717, 1.165) is 32.2 Å². The Morgan fingerprint density at radius 2 is 1.31 bits per heavy atom. The van der Waals surface area contributed by atoms with Gasteiger partial charge in [0.1, 0.15) is 0 Å². The fourth-order valence-electron chi connectivity index (χ4n) is 2.28. The largest absolute Gasteiger partial charge is 0.396 e. The van der Waals surface area contributed by atoms with Gasteiger partial charge in [0.15, 0.2) is 0 Å². The Morgan fingerprint density at radius 3 is 1.56 bits per heavy atom. The SMILES string of the molecule is CN(C)CC(CCCO)(CCCO)N(C)C. The summed E-state index contributed by atoms with van der Waals surface area (Å²) in [7, 11) is 8.29. The molecule has 0 spiro atoms. The van der Waals surface area contributed by atoms with E-state index in [1.54, 1.807) is 0 Å². The standard InChI is InChI=1S/C12H28N2O2/c1-13(2)11-12(14(3)4,7-5-9-15)8-6-10-16/h15-16H,5-11H2,1-4H3. The van der Waals surface area contributed by atoms with Crippen LogP contribution in [-0.4, -0.2) is 73.5 Å². The molecule has 4 heteroatoms. The Bertz CT molecular complexity index is 164. The van der Waals surface area contributed by atoms with Crippen LogP contribution in [0.1, 0.15) is 25.7 Å². The third kappa shape index (κ3) is 5.25. The van der Waals surface area contributed by atoms with Crippen molar-refractivity contribution >= 4 is 0 Å². The normalized spacial score (nSPS) is 12.8. The first kappa shape index (κ1) is 15.8. The fourth-order valence-corrected chi connectivity index (χ4v) is 2.28. The maximum atomic E-state index is 8.99. The first-order valence-corrected chi connectivity index (χ1v) is 6.02. The van der Waals surface area contributed by atoms with Crippen molar-refractivity contribution in [1.29, 1.82) is 0 Å². The summed E-state index contributed by atoms with van der Waals surface area (Å²) in [6.45, 7) is 1.43. The van der Waals surface area contributed by atoms with Gasteiger partial charge < -0.3 is 20.0 Å². The summed E-state index contributed by atoms with van der Waals surface area (Å²) < 4.78 is 0. The Hall–Kier alpha value is -0.160. The van der Waals surface area contributed by atoms with Crippen LogP contribution >= 0.6 is 0 Å². The lowest BCUT2D eigenvalue weighted by Crippen LogP contribution is -2.51. The average Bonchev–Trinajstić information content (AvgIpc) is 2.21. The maximum absolute atomic E-state index is 8.99. The zero-order valence-corrected chi connectivity index (χ0v) is 11.2. The van der Waals surface area contributed by atoms with E-state index in [1.807, 2.05) is 0 Å². The molecule has 0 radical (unpaired) electrons. The second-order valence-electron chi connectivity index (χ2n) is 5.01. The smallest absolute Gasteiger partial charge is 0.0431 e. The second-order valence-corrected chi connectivity index (χ2v) is 5.01. The van der Waals surface area contributed by atoms with Crippen molar-refractivity contribution in [3.63, 3.8) is 0 Å². The van der Waals surface area contributed by atoms with Gasteiger partial charge in [0.25, 0.3) is 0 Å². The van der Waals surface area contributed by atoms with Crippen LogP contribution in [0.15, 0.2) is 0 Å². The lowest BCUT2D eigenvalue weighted by molar-refractivity contribution is 0.0744. The molecule has 0 atom stereocenters. The summed E-state index contributed by atoms with van der Waals surface area (Å²) >= 11 is 0. The minimum atomic E-state index is 0.0644. The third-order valence-corrected chi connectivity index (χ3v) is 3.16. The molecule has 0 fully saturated rings. The number of hydrogen-bond acceptors (Lipinski definition) is 4. The molecule has 2 N–H and O–H groups in total. The first-order valence-electron chi connectivity index (χ1n) is 6.02. The molecule has 0 unspecified atom stereocenters. The zero-order chi connectivity index (χ0) is 12.6. The van der Waals surface area contributed by atoms with Gasteiger partial charge in [-0.2, -0.15) is 0 Å². The van der Waals surface area contributed by atoms with Crippen molar-refractivity contribution < 1.29 is 10.2 Å². The third-order valence-electron chi connectivity index (χ3n) is 3.16. The number of nitrogens with zero attached hydrogens (tertiary/aromatic N) is 2. The molecule has 4 nitrogen and oxygen atoms in total. The molecule has 0 saturated carbocycles. The van der Waals surface area contributed by atoms with Gasteiger partial charge in [-0.1, -0.05) is 0 Å². The number of aliphatic hydroxyl groups excluding tert-OH is 2. The Balaban J connectivity index is 4.59. The topological polar surface area (TPSA) is 46.9 Å². The summed E-state index contributed by atoms with van der Waals surface area (Å²) in [5, 5.41) is 18.0. The van der Waals surface area contributed by atoms with Crippen LogP contribution in [0.4, 0.5) is 0 Å². The van der Waals surface area contributed by atoms with E-state index in [4.69, 9.17) is 10.2 Å². The molecule has 0 rings (SSSR count). The van der Waals surface area contributed by atoms with Gasteiger partial charge >= 0.3 is 0 Å². The fraction of sp³-hybridized carbons (Fsp3) is 1.00. The molecule has 0 aromatic carbocycles. The molecular weight excluding hydrogens is 204 g/mol. The summed E-state index contributed by atoms with van der Waals surface area (Å²) in [5.41, 5.74) is 0.0644. The monoisotopic (exact) mass is 232 g/mol. The zero-order valence-electron chi connectivity index (χ0n) is 11.2. The van der Waals surface area contributed by atoms with Crippen molar-refractivity contribution in [2.24, 2.45) is 0 Å². The van der Waals surface area contributed by atoms with Gasteiger partial charge in [-0.3, -0.25) is 0 Å². The van der Waals surface area contributed by atoms with E-state index in [1.165, 1.54) is 0 Å². The average molecular weight is 232 g/mol. The molecule has 0 aliphatic heterocycles. The van der Waals surface area contributed by atoms with Crippen molar-refractivity contribution in [1.82, 2.24) is 9.80 Å². The summed E-state index contributed by atoms with van der Waals surface area (Å²) in [6.07, 6.45) is 3.57. The molecule has 16 heavy (non-hydrogen) atoms. The van der Waals surface area contributed by atoms with E-state index < -0.39 is 0 Å². The Labute approximate surface area is 99.9 Å². The van der Waals surface area contributed by atoms with Crippen molar-refractivity contribution in [3.8, 4) is 0 Å². The molecule has 0 aliphatic rings. The van der Waals surface area contributed by atoms with Gasteiger partial charge in [0, 0.05) is 25.3 Å². The predicted molar refractivity (Wildman–Crippen MR) is 67.6 cm³/mol. The quantitative estimate of drug-likeness (QED) is 0.604. The lowest BCUT2D eigenvalue weighted by Gasteiger charge is -2.42. The van der Waals surface area contributed by atoms with E-state index in [0.29, 0.717) is 0 Å². The molecule has 0 bridgehead atoms. The molecule has 0 heterocycles. The Morgan fingerprint density at radius 1 is 0.875 bits per heavy atom. The van der Waals surface area contributed by atoms with E-state index in [9.17, 15) is 0 Å². The van der Waals surface area contributed by atoms with Gasteiger partial charge in [-0.15, -0.1) is 0 Å².